The summed E-state index contributed by atoms with van der Waals surface area (Å²) in [5.41, 5.74) is 0. The van der Waals surface area contributed by atoms with E-state index in [1.165, 1.54) is 25.7 Å². The molecule has 0 aromatic heterocycles. The van der Waals surface area contributed by atoms with Crippen molar-refractivity contribution < 1.29 is 9.90 Å². The number of hydrogen-bond donors (Lipinski definition) is 1. The molecule has 0 aromatic carbocycles. The molecule has 2 rings (SSSR count). The lowest BCUT2D eigenvalue weighted by molar-refractivity contribution is -0.134. The number of carbonyl (C=O) groups excluding carboxylic acids is 1. The average molecular weight is 239 g/mol. The van der Waals surface area contributed by atoms with Gasteiger partial charge in [0.25, 0.3) is 0 Å². The first kappa shape index (κ1) is 12.9. The second-order valence-corrected chi connectivity index (χ2v) is 5.84. The molecule has 2 unspecified atom stereocenters. The fourth-order valence-corrected chi connectivity index (χ4v) is 3.22. The fraction of sp³-hybridized carbons (Fsp3) is 0.929. The number of amides is 1. The lowest BCUT2D eigenvalue weighted by Gasteiger charge is -2.34. The van der Waals surface area contributed by atoms with E-state index in [2.05, 4.69) is 0 Å². The van der Waals surface area contributed by atoms with Crippen LogP contribution in [0.2, 0.25) is 0 Å². The predicted molar refractivity (Wildman–Crippen MR) is 67.6 cm³/mol. The Morgan fingerprint density at radius 3 is 2.65 bits per heavy atom. The average Bonchev–Trinajstić information content (AvgIpc) is 2.82. The summed E-state index contributed by atoms with van der Waals surface area (Å²) in [5.74, 6) is 1.24. The fourth-order valence-electron chi connectivity index (χ4n) is 3.22. The van der Waals surface area contributed by atoms with Crippen LogP contribution in [0.5, 0.6) is 0 Å². The molecule has 2 fully saturated rings. The summed E-state index contributed by atoms with van der Waals surface area (Å²) in [6, 6.07) is 0. The van der Waals surface area contributed by atoms with Crippen LogP contribution in [0.15, 0.2) is 0 Å². The summed E-state index contributed by atoms with van der Waals surface area (Å²) in [6.45, 7) is 3.51. The number of aliphatic hydroxyl groups is 1. The molecular weight excluding hydrogens is 214 g/mol. The zero-order valence-corrected chi connectivity index (χ0v) is 10.9. The second kappa shape index (κ2) is 5.85. The highest BCUT2D eigenvalue weighted by molar-refractivity contribution is 5.76. The first-order chi connectivity index (χ1) is 8.16. The zero-order valence-electron chi connectivity index (χ0n) is 10.9. The van der Waals surface area contributed by atoms with E-state index in [0.717, 1.165) is 32.4 Å². The Hall–Kier alpha value is -0.570. The van der Waals surface area contributed by atoms with Gasteiger partial charge in [-0.05, 0) is 38.5 Å². The summed E-state index contributed by atoms with van der Waals surface area (Å²) < 4.78 is 0. The first-order valence-corrected chi connectivity index (χ1v) is 7.12. The molecule has 1 heterocycles. The molecule has 3 nitrogen and oxygen atoms in total. The zero-order chi connectivity index (χ0) is 12.3. The van der Waals surface area contributed by atoms with Gasteiger partial charge in [0.05, 0.1) is 6.10 Å². The number of nitrogens with zero attached hydrogens (tertiary/aromatic N) is 1. The Morgan fingerprint density at radius 1 is 1.29 bits per heavy atom. The van der Waals surface area contributed by atoms with E-state index >= 15 is 0 Å². The normalized spacial score (nSPS) is 28.4. The van der Waals surface area contributed by atoms with Crippen LogP contribution in [0.4, 0.5) is 0 Å². The highest BCUT2D eigenvalue weighted by Crippen LogP contribution is 2.29. The Bertz CT molecular complexity index is 259. The van der Waals surface area contributed by atoms with Gasteiger partial charge in [0.2, 0.25) is 5.91 Å². The summed E-state index contributed by atoms with van der Waals surface area (Å²) >= 11 is 0. The molecule has 98 valence electrons. The Morgan fingerprint density at radius 2 is 2.00 bits per heavy atom. The first-order valence-electron chi connectivity index (χ1n) is 7.12. The molecule has 1 saturated heterocycles. The molecule has 0 bridgehead atoms. The smallest absolute Gasteiger partial charge is 0.222 e. The van der Waals surface area contributed by atoms with Gasteiger partial charge in [0.15, 0.2) is 0 Å². The maximum atomic E-state index is 12.2. The van der Waals surface area contributed by atoms with E-state index in [9.17, 15) is 9.90 Å². The van der Waals surface area contributed by atoms with Gasteiger partial charge >= 0.3 is 0 Å². The van der Waals surface area contributed by atoms with Crippen molar-refractivity contribution in [2.45, 2.75) is 58.0 Å². The van der Waals surface area contributed by atoms with Crippen LogP contribution < -0.4 is 0 Å². The van der Waals surface area contributed by atoms with E-state index in [-0.39, 0.29) is 12.0 Å². The largest absolute Gasteiger partial charge is 0.393 e. The van der Waals surface area contributed by atoms with Crippen LogP contribution in [0.3, 0.4) is 0 Å². The highest BCUT2D eigenvalue weighted by atomic mass is 16.3. The minimum atomic E-state index is -0.280. The van der Waals surface area contributed by atoms with Crippen molar-refractivity contribution in [3.63, 3.8) is 0 Å². The standard InChI is InChI=1S/C14H25NO2/c1-11(16)13-7-4-8-15(10-13)14(17)9-12-5-2-3-6-12/h11-13,16H,2-10H2,1H3. The summed E-state index contributed by atoms with van der Waals surface area (Å²) in [6.07, 6.45) is 7.64. The molecule has 2 atom stereocenters. The Labute approximate surface area is 104 Å². The Kier molecular flexibility index (Phi) is 4.43. The number of likely N-dealkylation sites (tertiary alicyclic amines) is 1. The van der Waals surface area contributed by atoms with Crippen molar-refractivity contribution in [2.24, 2.45) is 11.8 Å². The van der Waals surface area contributed by atoms with Crippen LogP contribution in [0.1, 0.15) is 51.9 Å². The molecule has 3 heteroatoms. The minimum absolute atomic E-state index is 0.280. The third-order valence-electron chi connectivity index (χ3n) is 4.43. The van der Waals surface area contributed by atoms with Crippen LogP contribution in [0, 0.1) is 11.8 Å². The SMILES string of the molecule is CC(O)C1CCCN(C(=O)CC2CCCC2)C1. The van der Waals surface area contributed by atoms with Gasteiger partial charge in [-0.15, -0.1) is 0 Å². The highest BCUT2D eigenvalue weighted by Gasteiger charge is 2.28. The third-order valence-corrected chi connectivity index (χ3v) is 4.43. The maximum Gasteiger partial charge on any atom is 0.222 e. The van der Waals surface area contributed by atoms with Gasteiger partial charge in [-0.3, -0.25) is 4.79 Å². The van der Waals surface area contributed by atoms with Gasteiger partial charge in [0, 0.05) is 25.4 Å². The van der Waals surface area contributed by atoms with Crippen molar-refractivity contribution in [2.75, 3.05) is 13.1 Å². The number of carbonyl (C=O) groups is 1. The van der Waals surface area contributed by atoms with Crippen molar-refractivity contribution >= 4 is 5.91 Å². The number of piperidine rings is 1. The molecule has 0 spiro atoms. The monoisotopic (exact) mass is 239 g/mol. The Balaban J connectivity index is 1.81. The molecule has 0 aromatic rings. The van der Waals surface area contributed by atoms with Crippen LogP contribution in [-0.2, 0) is 4.79 Å². The summed E-state index contributed by atoms with van der Waals surface area (Å²) in [5, 5.41) is 9.62. The van der Waals surface area contributed by atoms with E-state index in [4.69, 9.17) is 0 Å². The minimum Gasteiger partial charge on any atom is -0.393 e. The molecule has 2 aliphatic rings. The van der Waals surface area contributed by atoms with Crippen LogP contribution in [-0.4, -0.2) is 35.1 Å². The topological polar surface area (TPSA) is 40.5 Å². The molecule has 1 amide bonds. The van der Waals surface area contributed by atoms with Gasteiger partial charge < -0.3 is 10.0 Å². The van der Waals surface area contributed by atoms with Gasteiger partial charge in [-0.1, -0.05) is 12.8 Å². The number of aliphatic hydroxyl groups excluding tert-OH is 1. The lowest BCUT2D eigenvalue weighted by atomic mass is 9.92. The van der Waals surface area contributed by atoms with E-state index in [1.807, 2.05) is 11.8 Å². The van der Waals surface area contributed by atoms with Crippen LogP contribution in [0.25, 0.3) is 0 Å². The van der Waals surface area contributed by atoms with Gasteiger partial charge in [0.1, 0.15) is 0 Å². The quantitative estimate of drug-likeness (QED) is 0.820. The molecule has 1 N–H and O–H groups in total. The van der Waals surface area contributed by atoms with E-state index in [1.54, 1.807) is 0 Å². The second-order valence-electron chi connectivity index (χ2n) is 5.84. The molecule has 0 radical (unpaired) electrons. The van der Waals surface area contributed by atoms with Crippen molar-refractivity contribution in [3.05, 3.63) is 0 Å². The van der Waals surface area contributed by atoms with Crippen molar-refractivity contribution in [3.8, 4) is 0 Å². The molecular formula is C14H25NO2. The number of hydrogen-bond acceptors (Lipinski definition) is 2. The molecule has 17 heavy (non-hydrogen) atoms. The van der Waals surface area contributed by atoms with Gasteiger partial charge in [-0.25, -0.2) is 0 Å². The molecule has 1 saturated carbocycles. The number of rotatable bonds is 3. The van der Waals surface area contributed by atoms with Crippen LogP contribution >= 0.6 is 0 Å². The van der Waals surface area contributed by atoms with Crippen molar-refractivity contribution in [1.82, 2.24) is 4.90 Å². The van der Waals surface area contributed by atoms with E-state index < -0.39 is 0 Å². The third kappa shape index (κ3) is 3.44. The van der Waals surface area contributed by atoms with Gasteiger partial charge in [-0.2, -0.15) is 0 Å². The summed E-state index contributed by atoms with van der Waals surface area (Å²) in [4.78, 5) is 14.2. The van der Waals surface area contributed by atoms with Crippen molar-refractivity contribution in [1.29, 1.82) is 0 Å². The van der Waals surface area contributed by atoms with E-state index in [0.29, 0.717) is 11.8 Å². The molecule has 1 aliphatic carbocycles. The maximum absolute atomic E-state index is 12.2. The lowest BCUT2D eigenvalue weighted by Crippen LogP contribution is -2.43. The predicted octanol–water partition coefficient (Wildman–Crippen LogP) is 2.19. The molecule has 1 aliphatic heterocycles. The summed E-state index contributed by atoms with van der Waals surface area (Å²) in [7, 11) is 0.